The Hall–Kier alpha value is -0.450. The van der Waals surface area contributed by atoms with Crippen molar-refractivity contribution in [1.82, 2.24) is 0 Å². The standard InChI is InChI=1S/C23H34O4/c24-17-9-16-22(13-6-2-1-5-12(13)17)14-10-20-21(11-15(14)23(16)25)27-19-8-4-3-7-18(19)26-20/h12-22,24H,1-11H2. The molecule has 4 heteroatoms. The molecule has 1 N–H and O–H groups in total. The van der Waals surface area contributed by atoms with Gasteiger partial charge in [-0.25, -0.2) is 0 Å². The fourth-order valence-electron chi connectivity index (χ4n) is 8.25. The highest BCUT2D eigenvalue weighted by Crippen LogP contribution is 2.59. The number of hydrogen-bond acceptors (Lipinski definition) is 4. The van der Waals surface area contributed by atoms with Crippen LogP contribution in [-0.2, 0) is 14.3 Å². The van der Waals surface area contributed by atoms with Gasteiger partial charge in [0, 0.05) is 11.8 Å². The van der Waals surface area contributed by atoms with Crippen LogP contribution in [0.1, 0.15) is 70.6 Å². The molecule has 1 aliphatic heterocycles. The summed E-state index contributed by atoms with van der Waals surface area (Å²) in [5.41, 5.74) is 0. The van der Waals surface area contributed by atoms with Gasteiger partial charge in [0.1, 0.15) is 5.78 Å². The first kappa shape index (κ1) is 17.4. The number of aliphatic hydroxyl groups is 1. The van der Waals surface area contributed by atoms with E-state index in [9.17, 15) is 9.90 Å². The van der Waals surface area contributed by atoms with Gasteiger partial charge in [0.05, 0.1) is 30.5 Å². The molecule has 0 aromatic carbocycles. The first-order valence-corrected chi connectivity index (χ1v) is 11.7. The van der Waals surface area contributed by atoms with E-state index in [1.165, 1.54) is 32.1 Å². The zero-order valence-corrected chi connectivity index (χ0v) is 16.3. The summed E-state index contributed by atoms with van der Waals surface area (Å²) in [5.74, 6) is 2.72. The van der Waals surface area contributed by atoms with Crippen molar-refractivity contribution in [2.75, 3.05) is 0 Å². The van der Waals surface area contributed by atoms with E-state index in [0.29, 0.717) is 35.6 Å². The first-order chi connectivity index (χ1) is 13.2. The third-order valence-electron chi connectivity index (χ3n) is 9.31. The van der Waals surface area contributed by atoms with Crippen LogP contribution in [0.4, 0.5) is 0 Å². The van der Waals surface area contributed by atoms with Gasteiger partial charge in [-0.1, -0.05) is 25.7 Å². The number of carbonyl (C=O) groups excluding carboxylic acids is 1. The second-order valence-corrected chi connectivity index (χ2v) is 10.5. The molecule has 0 aromatic heterocycles. The van der Waals surface area contributed by atoms with E-state index in [1.807, 2.05) is 0 Å². The molecule has 27 heavy (non-hydrogen) atoms. The second-order valence-electron chi connectivity index (χ2n) is 10.5. The van der Waals surface area contributed by atoms with Crippen LogP contribution < -0.4 is 0 Å². The molecule has 0 bridgehead atoms. The number of rotatable bonds is 0. The van der Waals surface area contributed by atoms with Crippen molar-refractivity contribution in [3.8, 4) is 0 Å². The van der Waals surface area contributed by atoms with E-state index < -0.39 is 0 Å². The SMILES string of the molecule is O=C1C2CC3OC4CCCCC4OC3CC2C2C1CC(O)C1CCCCC12. The summed E-state index contributed by atoms with van der Waals surface area (Å²) >= 11 is 0. The van der Waals surface area contributed by atoms with Crippen LogP contribution in [0.2, 0.25) is 0 Å². The van der Waals surface area contributed by atoms with Crippen LogP contribution in [0.3, 0.4) is 0 Å². The van der Waals surface area contributed by atoms with Gasteiger partial charge in [-0.3, -0.25) is 4.79 Å². The third-order valence-corrected chi connectivity index (χ3v) is 9.31. The Morgan fingerprint density at radius 3 is 2.04 bits per heavy atom. The Morgan fingerprint density at radius 2 is 1.30 bits per heavy atom. The summed E-state index contributed by atoms with van der Waals surface area (Å²) in [5, 5.41) is 10.7. The van der Waals surface area contributed by atoms with Crippen molar-refractivity contribution in [1.29, 1.82) is 0 Å². The summed E-state index contributed by atoms with van der Waals surface area (Å²) < 4.78 is 13.1. The molecule has 0 amide bonds. The minimum Gasteiger partial charge on any atom is -0.393 e. The highest BCUT2D eigenvalue weighted by atomic mass is 16.6. The number of ether oxygens (including phenoxy) is 2. The fraction of sp³-hybridized carbons (Fsp3) is 0.957. The second kappa shape index (κ2) is 6.53. The molecular formula is C23H34O4. The molecular weight excluding hydrogens is 340 g/mol. The van der Waals surface area contributed by atoms with Crippen LogP contribution in [0.5, 0.6) is 0 Å². The number of aliphatic hydroxyl groups excluding tert-OH is 1. The summed E-state index contributed by atoms with van der Waals surface area (Å²) in [6, 6.07) is 0. The van der Waals surface area contributed by atoms with Crippen molar-refractivity contribution in [3.63, 3.8) is 0 Å². The van der Waals surface area contributed by atoms with E-state index in [0.717, 1.165) is 38.5 Å². The molecule has 11 atom stereocenters. The largest absolute Gasteiger partial charge is 0.393 e. The van der Waals surface area contributed by atoms with E-state index in [2.05, 4.69) is 0 Å². The van der Waals surface area contributed by atoms with Crippen LogP contribution in [0.25, 0.3) is 0 Å². The van der Waals surface area contributed by atoms with Crippen LogP contribution in [0, 0.1) is 35.5 Å². The van der Waals surface area contributed by atoms with Gasteiger partial charge in [-0.2, -0.15) is 0 Å². The Labute approximate surface area is 162 Å². The Kier molecular flexibility index (Phi) is 4.21. The predicted molar refractivity (Wildman–Crippen MR) is 100 cm³/mol. The van der Waals surface area contributed by atoms with Crippen molar-refractivity contribution < 1.29 is 19.4 Å². The quantitative estimate of drug-likeness (QED) is 0.705. The summed E-state index contributed by atoms with van der Waals surface area (Å²) in [6.07, 6.45) is 12.9. The molecule has 0 spiro atoms. The maximum absolute atomic E-state index is 13.3. The maximum atomic E-state index is 13.3. The number of carbonyl (C=O) groups is 1. The lowest BCUT2D eigenvalue weighted by atomic mass is 9.58. The van der Waals surface area contributed by atoms with E-state index in [-0.39, 0.29) is 36.3 Å². The highest BCUT2D eigenvalue weighted by Gasteiger charge is 2.61. The molecule has 4 nitrogen and oxygen atoms in total. The molecule has 150 valence electrons. The lowest BCUT2D eigenvalue weighted by Crippen LogP contribution is -2.55. The molecule has 5 saturated carbocycles. The molecule has 1 heterocycles. The number of hydrogen-bond donors (Lipinski definition) is 1. The zero-order valence-electron chi connectivity index (χ0n) is 16.3. The average molecular weight is 375 g/mol. The van der Waals surface area contributed by atoms with Gasteiger partial charge in [-0.05, 0) is 68.6 Å². The van der Waals surface area contributed by atoms with E-state index >= 15 is 0 Å². The Morgan fingerprint density at radius 1 is 0.667 bits per heavy atom. The summed E-state index contributed by atoms with van der Waals surface area (Å²) in [7, 11) is 0. The highest BCUT2D eigenvalue weighted by molar-refractivity contribution is 5.87. The van der Waals surface area contributed by atoms with Crippen LogP contribution in [0.15, 0.2) is 0 Å². The minimum absolute atomic E-state index is 0.108. The minimum atomic E-state index is -0.252. The molecule has 11 unspecified atom stereocenters. The van der Waals surface area contributed by atoms with Gasteiger partial charge in [0.15, 0.2) is 0 Å². The van der Waals surface area contributed by atoms with Gasteiger partial charge in [0.25, 0.3) is 0 Å². The fourth-order valence-corrected chi connectivity index (χ4v) is 8.25. The van der Waals surface area contributed by atoms with Crippen molar-refractivity contribution in [2.45, 2.75) is 101 Å². The Balaban J connectivity index is 1.27. The van der Waals surface area contributed by atoms with Crippen molar-refractivity contribution >= 4 is 5.78 Å². The van der Waals surface area contributed by atoms with Crippen LogP contribution >= 0.6 is 0 Å². The Bertz CT molecular complexity index is 605. The van der Waals surface area contributed by atoms with Gasteiger partial charge in [-0.15, -0.1) is 0 Å². The first-order valence-electron chi connectivity index (χ1n) is 11.7. The maximum Gasteiger partial charge on any atom is 0.139 e. The summed E-state index contributed by atoms with van der Waals surface area (Å²) in [6.45, 7) is 0. The van der Waals surface area contributed by atoms with Crippen molar-refractivity contribution in [2.24, 2.45) is 35.5 Å². The van der Waals surface area contributed by atoms with Gasteiger partial charge >= 0.3 is 0 Å². The predicted octanol–water partition coefficient (Wildman–Crippen LogP) is 3.49. The summed E-state index contributed by atoms with van der Waals surface area (Å²) in [4.78, 5) is 13.3. The monoisotopic (exact) mass is 374 g/mol. The lowest BCUT2D eigenvalue weighted by Gasteiger charge is -2.51. The molecule has 5 aliphatic carbocycles. The molecule has 0 radical (unpaired) electrons. The van der Waals surface area contributed by atoms with E-state index in [1.54, 1.807) is 0 Å². The number of fused-ring (bicyclic) bond motifs is 7. The topological polar surface area (TPSA) is 55.8 Å². The van der Waals surface area contributed by atoms with Gasteiger partial charge in [0.2, 0.25) is 0 Å². The molecule has 6 rings (SSSR count). The average Bonchev–Trinajstić information content (AvgIpc) is 2.96. The number of Topliss-reactive ketones (excluding diaryl/α,β-unsaturated/α-hetero) is 1. The molecule has 1 saturated heterocycles. The smallest absolute Gasteiger partial charge is 0.139 e. The normalized spacial score (nSPS) is 57.1. The lowest BCUT2D eigenvalue weighted by molar-refractivity contribution is -0.250. The number of ketones is 1. The van der Waals surface area contributed by atoms with Crippen LogP contribution in [-0.4, -0.2) is 41.4 Å². The molecule has 6 fully saturated rings. The molecule has 6 aliphatic rings. The van der Waals surface area contributed by atoms with E-state index in [4.69, 9.17) is 9.47 Å². The third kappa shape index (κ3) is 2.62. The zero-order chi connectivity index (χ0) is 18.1. The molecule has 0 aromatic rings. The van der Waals surface area contributed by atoms with Crippen molar-refractivity contribution in [3.05, 3.63) is 0 Å². The van der Waals surface area contributed by atoms with Gasteiger partial charge < -0.3 is 14.6 Å².